The van der Waals surface area contributed by atoms with Gasteiger partial charge >= 0.3 is 0 Å². The molecule has 0 amide bonds. The molecule has 3 aromatic heterocycles. The van der Waals surface area contributed by atoms with Gasteiger partial charge < -0.3 is 15.1 Å². The second-order valence-electron chi connectivity index (χ2n) is 7.70. The minimum Gasteiger partial charge on any atom is -0.369 e. The Labute approximate surface area is 169 Å². The molecule has 3 aromatic rings. The molecule has 0 bridgehead atoms. The lowest BCUT2D eigenvalue weighted by atomic mass is 10.0. The van der Waals surface area contributed by atoms with Crippen molar-refractivity contribution < 1.29 is 9.80 Å². The Kier molecular flexibility index (Phi) is 6.03. The summed E-state index contributed by atoms with van der Waals surface area (Å²) in [5, 5.41) is 17.0. The van der Waals surface area contributed by atoms with E-state index in [2.05, 4.69) is 41.6 Å². The van der Waals surface area contributed by atoms with Crippen molar-refractivity contribution in [1.82, 2.24) is 25.0 Å². The molecule has 0 spiro atoms. The molecule has 4 rings (SSSR count). The molecule has 3 N–H and O–H groups in total. The first-order valence-electron chi connectivity index (χ1n) is 10.7. The lowest BCUT2D eigenvalue weighted by Gasteiger charge is -2.23. The number of quaternary nitrogens is 2. The highest BCUT2D eigenvalue weighted by molar-refractivity contribution is 7.19. The van der Waals surface area contributed by atoms with Crippen LogP contribution in [-0.4, -0.2) is 64.3 Å². The molecule has 0 saturated heterocycles. The van der Waals surface area contributed by atoms with Crippen LogP contribution in [-0.2, 0) is 13.0 Å². The fourth-order valence-electron chi connectivity index (χ4n) is 4.30. The molecular weight excluding hydrogens is 372 g/mol. The smallest absolute Gasteiger partial charge is 0.276 e. The van der Waals surface area contributed by atoms with Crippen molar-refractivity contribution >= 4 is 33.1 Å². The summed E-state index contributed by atoms with van der Waals surface area (Å²) >= 11 is 1.84. The Morgan fingerprint density at radius 1 is 1.25 bits per heavy atom. The van der Waals surface area contributed by atoms with Gasteiger partial charge in [0.25, 0.3) is 5.78 Å². The zero-order valence-corrected chi connectivity index (χ0v) is 18.0. The molecule has 152 valence electrons. The van der Waals surface area contributed by atoms with Crippen LogP contribution in [0.25, 0.3) is 16.0 Å². The SMILES string of the molecule is CCC[NH+]1CCc2c(sc3c2c(NCCC[NH+](CC)CC)nc2nnnn23)C1. The summed E-state index contributed by atoms with van der Waals surface area (Å²) in [6.45, 7) is 14.8. The number of hydrogen-bond donors (Lipinski definition) is 3. The predicted molar refractivity (Wildman–Crippen MR) is 112 cm³/mol. The van der Waals surface area contributed by atoms with E-state index in [1.807, 2.05) is 15.9 Å². The molecule has 0 aromatic carbocycles. The monoisotopic (exact) mass is 404 g/mol. The molecule has 0 aliphatic carbocycles. The van der Waals surface area contributed by atoms with Gasteiger partial charge in [-0.3, -0.25) is 0 Å². The van der Waals surface area contributed by atoms with Crippen molar-refractivity contribution in [1.29, 1.82) is 0 Å². The van der Waals surface area contributed by atoms with E-state index in [0.29, 0.717) is 5.78 Å². The number of tetrazole rings is 1. The average Bonchev–Trinajstić information content (AvgIpc) is 3.32. The number of anilines is 1. The molecule has 1 atom stereocenters. The third kappa shape index (κ3) is 3.70. The fourth-order valence-corrected chi connectivity index (χ4v) is 5.66. The normalized spacial score (nSPS) is 16.9. The van der Waals surface area contributed by atoms with Gasteiger partial charge in [0.1, 0.15) is 17.2 Å². The quantitative estimate of drug-likeness (QED) is 0.431. The van der Waals surface area contributed by atoms with E-state index in [4.69, 9.17) is 4.98 Å². The van der Waals surface area contributed by atoms with Crippen molar-refractivity contribution in [3.63, 3.8) is 0 Å². The Bertz CT molecular complexity index is 929. The van der Waals surface area contributed by atoms with Gasteiger partial charge in [0.2, 0.25) is 0 Å². The van der Waals surface area contributed by atoms with Crippen molar-refractivity contribution in [2.24, 2.45) is 0 Å². The molecule has 0 saturated carbocycles. The number of thiophene rings is 1. The van der Waals surface area contributed by atoms with Crippen LogP contribution in [0.15, 0.2) is 0 Å². The Morgan fingerprint density at radius 2 is 2.11 bits per heavy atom. The minimum absolute atomic E-state index is 0.584. The third-order valence-electron chi connectivity index (χ3n) is 5.91. The van der Waals surface area contributed by atoms with Gasteiger partial charge in [-0.05, 0) is 36.3 Å². The molecule has 4 heterocycles. The minimum atomic E-state index is 0.584. The molecule has 1 aliphatic rings. The summed E-state index contributed by atoms with van der Waals surface area (Å²) < 4.78 is 1.81. The molecule has 1 aliphatic heterocycles. The van der Waals surface area contributed by atoms with Crippen LogP contribution in [0.4, 0.5) is 5.82 Å². The summed E-state index contributed by atoms with van der Waals surface area (Å²) in [5.74, 6) is 1.55. The predicted octanol–water partition coefficient (Wildman–Crippen LogP) is -0.188. The van der Waals surface area contributed by atoms with Crippen molar-refractivity contribution in [2.75, 3.05) is 44.6 Å². The zero-order valence-electron chi connectivity index (χ0n) is 17.2. The summed E-state index contributed by atoms with van der Waals surface area (Å²) in [6.07, 6.45) is 3.48. The first-order valence-corrected chi connectivity index (χ1v) is 11.5. The molecule has 0 radical (unpaired) electrons. The van der Waals surface area contributed by atoms with E-state index in [1.54, 1.807) is 9.80 Å². The number of aromatic nitrogens is 5. The van der Waals surface area contributed by atoms with Gasteiger partial charge in [-0.1, -0.05) is 12.0 Å². The van der Waals surface area contributed by atoms with Gasteiger partial charge in [-0.2, -0.15) is 9.50 Å². The second kappa shape index (κ2) is 8.67. The van der Waals surface area contributed by atoms with E-state index >= 15 is 0 Å². The number of hydrogen-bond acceptors (Lipinski definition) is 6. The highest BCUT2D eigenvalue weighted by atomic mass is 32.1. The van der Waals surface area contributed by atoms with E-state index in [0.717, 1.165) is 36.6 Å². The Morgan fingerprint density at radius 3 is 2.89 bits per heavy atom. The van der Waals surface area contributed by atoms with Crippen molar-refractivity contribution in [2.45, 2.75) is 46.6 Å². The molecule has 8 nitrogen and oxygen atoms in total. The van der Waals surface area contributed by atoms with E-state index < -0.39 is 0 Å². The number of rotatable bonds is 9. The lowest BCUT2D eigenvalue weighted by molar-refractivity contribution is -0.915. The zero-order chi connectivity index (χ0) is 19.5. The lowest BCUT2D eigenvalue weighted by Crippen LogP contribution is -3.11. The molecule has 9 heteroatoms. The van der Waals surface area contributed by atoms with Gasteiger partial charge in [0.15, 0.2) is 0 Å². The van der Waals surface area contributed by atoms with E-state index in [9.17, 15) is 0 Å². The second-order valence-corrected chi connectivity index (χ2v) is 8.78. The van der Waals surface area contributed by atoms with Crippen LogP contribution < -0.4 is 15.1 Å². The van der Waals surface area contributed by atoms with Gasteiger partial charge in [0, 0.05) is 19.4 Å². The van der Waals surface area contributed by atoms with Gasteiger partial charge in [-0.15, -0.1) is 11.3 Å². The third-order valence-corrected chi connectivity index (χ3v) is 7.12. The van der Waals surface area contributed by atoms with Crippen LogP contribution in [0.5, 0.6) is 0 Å². The van der Waals surface area contributed by atoms with Gasteiger partial charge in [-0.25, -0.2) is 0 Å². The topological polar surface area (TPSA) is 76.9 Å². The summed E-state index contributed by atoms with van der Waals surface area (Å²) in [4.78, 5) is 10.7. The summed E-state index contributed by atoms with van der Waals surface area (Å²) in [5.41, 5.74) is 1.46. The average molecular weight is 405 g/mol. The highest BCUT2D eigenvalue weighted by Gasteiger charge is 2.27. The van der Waals surface area contributed by atoms with Crippen LogP contribution in [0.3, 0.4) is 0 Å². The fraction of sp³-hybridized carbons (Fsp3) is 0.684. The van der Waals surface area contributed by atoms with Gasteiger partial charge in [0.05, 0.1) is 43.0 Å². The first-order chi connectivity index (χ1) is 13.7. The number of fused-ring (bicyclic) bond motifs is 5. The maximum atomic E-state index is 4.76. The van der Waals surface area contributed by atoms with Crippen molar-refractivity contribution in [3.05, 3.63) is 10.4 Å². The Hall–Kier alpha value is -1.84. The maximum Gasteiger partial charge on any atom is 0.276 e. The standard InChI is InChI=1S/C19H30N8S/c1-4-10-26-12-8-14-15(13-26)28-18-16(14)17(21-19-22-23-24-27(18)19)20-9-7-11-25(5-2)6-3/h4-13H2,1-3H3,(H,20,21,22,24)/p+2. The summed E-state index contributed by atoms with van der Waals surface area (Å²) in [6, 6.07) is 0. The van der Waals surface area contributed by atoms with Crippen LogP contribution in [0.1, 0.15) is 44.1 Å². The summed E-state index contributed by atoms with van der Waals surface area (Å²) in [7, 11) is 0. The van der Waals surface area contributed by atoms with E-state index in [-0.39, 0.29) is 0 Å². The molecule has 1 unspecified atom stereocenters. The van der Waals surface area contributed by atoms with E-state index in [1.165, 1.54) is 55.0 Å². The van der Waals surface area contributed by atoms with Crippen molar-refractivity contribution in [3.8, 4) is 0 Å². The molecule has 0 fully saturated rings. The highest BCUT2D eigenvalue weighted by Crippen LogP contribution is 2.36. The van der Waals surface area contributed by atoms with Crippen LogP contribution in [0, 0.1) is 0 Å². The van der Waals surface area contributed by atoms with Crippen LogP contribution >= 0.6 is 11.3 Å². The molecular formula is C19H32N8S+2. The Balaban J connectivity index is 1.62. The number of nitrogens with one attached hydrogen (secondary N) is 3. The number of nitrogens with zero attached hydrogens (tertiary/aromatic N) is 5. The largest absolute Gasteiger partial charge is 0.369 e. The van der Waals surface area contributed by atoms with Crippen LogP contribution in [0.2, 0.25) is 0 Å². The molecule has 28 heavy (non-hydrogen) atoms. The first kappa shape index (κ1) is 19.5. The maximum absolute atomic E-state index is 4.76.